The van der Waals surface area contributed by atoms with Crippen LogP contribution in [0.3, 0.4) is 0 Å². The molecule has 3 aromatic rings. The van der Waals surface area contributed by atoms with Crippen LogP contribution in [0.15, 0.2) is 65.6 Å². The highest BCUT2D eigenvalue weighted by Gasteiger charge is 2.55. The lowest BCUT2D eigenvalue weighted by atomic mass is 9.97. The lowest BCUT2D eigenvalue weighted by Crippen LogP contribution is -2.35. The Morgan fingerprint density at radius 2 is 1.73 bits per heavy atom. The summed E-state index contributed by atoms with van der Waals surface area (Å²) in [5.41, 5.74) is 2.69. The van der Waals surface area contributed by atoms with E-state index in [2.05, 4.69) is 36.4 Å². The molecule has 6 heteroatoms. The van der Waals surface area contributed by atoms with Crippen molar-refractivity contribution in [3.8, 4) is 17.2 Å². The molecular weight excluding hydrogens is 434 g/mol. The number of rotatable bonds is 5. The van der Waals surface area contributed by atoms with Crippen LogP contribution in [0.4, 0.5) is 5.69 Å². The van der Waals surface area contributed by atoms with Crippen LogP contribution in [0.1, 0.15) is 18.1 Å². The van der Waals surface area contributed by atoms with Gasteiger partial charge in [0.05, 0.1) is 32.6 Å². The van der Waals surface area contributed by atoms with Gasteiger partial charge < -0.3 is 19.1 Å². The fraction of sp³-hybridized carbons (Fsp3) is 0.222. The molecule has 0 N–H and O–H groups in total. The molecule has 0 saturated heterocycles. The molecule has 5 rings (SSSR count). The summed E-state index contributed by atoms with van der Waals surface area (Å²) >= 11 is 1.54. The number of anilines is 1. The minimum atomic E-state index is -0.904. The Labute approximate surface area is 197 Å². The number of benzene rings is 3. The standard InChI is InChI=1S/C27H25NO4S/c1-5-28-21-16-22(30-2)24(31-3)25(32-4)23(21)27(26(28)29)13-12-20(33-27)15-17-10-11-18-8-6-7-9-19(18)14-17/h6-16H,5H2,1-4H3/b20-15-. The van der Waals surface area contributed by atoms with E-state index in [0.29, 0.717) is 23.8 Å². The minimum absolute atomic E-state index is 0.0109. The predicted octanol–water partition coefficient (Wildman–Crippen LogP) is 5.77. The van der Waals surface area contributed by atoms with E-state index in [0.717, 1.165) is 21.7 Å². The average Bonchev–Trinajstić information content (AvgIpc) is 3.36. The van der Waals surface area contributed by atoms with Crippen LogP contribution in [0.2, 0.25) is 0 Å². The molecule has 5 nitrogen and oxygen atoms in total. The first-order chi connectivity index (χ1) is 16.1. The zero-order valence-corrected chi connectivity index (χ0v) is 19.9. The van der Waals surface area contributed by atoms with Crippen molar-refractivity contribution in [1.82, 2.24) is 0 Å². The van der Waals surface area contributed by atoms with E-state index < -0.39 is 4.75 Å². The molecule has 2 aliphatic rings. The highest BCUT2D eigenvalue weighted by atomic mass is 32.2. The summed E-state index contributed by atoms with van der Waals surface area (Å²) in [5, 5.41) is 2.39. The van der Waals surface area contributed by atoms with Crippen molar-refractivity contribution in [2.45, 2.75) is 11.7 Å². The number of fused-ring (bicyclic) bond motifs is 3. The molecule has 0 bridgehead atoms. The van der Waals surface area contributed by atoms with Crippen LogP contribution in [0, 0.1) is 0 Å². The van der Waals surface area contributed by atoms with Crippen LogP contribution in [0.25, 0.3) is 16.8 Å². The summed E-state index contributed by atoms with van der Waals surface area (Å²) in [7, 11) is 4.76. The second-order valence-electron chi connectivity index (χ2n) is 7.91. The maximum atomic E-state index is 13.7. The largest absolute Gasteiger partial charge is 0.493 e. The van der Waals surface area contributed by atoms with Crippen molar-refractivity contribution in [2.75, 3.05) is 32.8 Å². The topological polar surface area (TPSA) is 48.0 Å². The van der Waals surface area contributed by atoms with E-state index >= 15 is 0 Å². The molecule has 0 fully saturated rings. The average molecular weight is 460 g/mol. The summed E-state index contributed by atoms with van der Waals surface area (Å²) in [4.78, 5) is 16.5. The molecule has 33 heavy (non-hydrogen) atoms. The maximum Gasteiger partial charge on any atom is 0.252 e. The molecule has 0 aromatic heterocycles. The first kappa shape index (κ1) is 21.5. The summed E-state index contributed by atoms with van der Waals surface area (Å²) in [6.45, 7) is 2.52. The Hall–Kier alpha value is -3.38. The maximum absolute atomic E-state index is 13.7. The van der Waals surface area contributed by atoms with Crippen molar-refractivity contribution in [3.63, 3.8) is 0 Å². The number of amides is 1. The summed E-state index contributed by atoms with van der Waals surface area (Å²) in [6.07, 6.45) is 6.13. The van der Waals surface area contributed by atoms with Gasteiger partial charge in [0.25, 0.3) is 5.91 Å². The van der Waals surface area contributed by atoms with Gasteiger partial charge in [0.1, 0.15) is 4.75 Å². The molecule has 1 spiro atoms. The minimum Gasteiger partial charge on any atom is -0.493 e. The fourth-order valence-corrected chi connectivity index (χ4v) is 6.02. The van der Waals surface area contributed by atoms with Crippen LogP contribution >= 0.6 is 11.8 Å². The molecule has 168 valence electrons. The van der Waals surface area contributed by atoms with Gasteiger partial charge in [-0.25, -0.2) is 0 Å². The third kappa shape index (κ3) is 3.20. The third-order valence-electron chi connectivity index (χ3n) is 6.19. The van der Waals surface area contributed by atoms with Crippen LogP contribution in [0.5, 0.6) is 17.2 Å². The lowest BCUT2D eigenvalue weighted by Gasteiger charge is -2.23. The number of ether oxygens (including phenoxy) is 3. The SMILES string of the molecule is CCN1C(=O)C2(C=C/C(=C/c3ccc4ccccc4c3)S2)c2c1cc(OC)c(OC)c2OC. The van der Waals surface area contributed by atoms with E-state index in [1.807, 2.05) is 37.3 Å². The van der Waals surface area contributed by atoms with Crippen LogP contribution in [-0.2, 0) is 9.54 Å². The van der Waals surface area contributed by atoms with Crippen molar-refractivity contribution in [3.05, 3.63) is 76.7 Å². The van der Waals surface area contributed by atoms with Gasteiger partial charge in [-0.3, -0.25) is 4.79 Å². The highest BCUT2D eigenvalue weighted by Crippen LogP contribution is 2.62. The van der Waals surface area contributed by atoms with Gasteiger partial charge in [0.2, 0.25) is 5.75 Å². The van der Waals surface area contributed by atoms with Gasteiger partial charge in [-0.15, -0.1) is 0 Å². The number of nitrogens with zero attached hydrogens (tertiary/aromatic N) is 1. The molecule has 0 aliphatic carbocycles. The number of methoxy groups -OCH3 is 3. The van der Waals surface area contributed by atoms with Crippen molar-refractivity contribution < 1.29 is 19.0 Å². The van der Waals surface area contributed by atoms with Gasteiger partial charge in [-0.2, -0.15) is 0 Å². The summed E-state index contributed by atoms with van der Waals surface area (Å²) < 4.78 is 16.1. The summed E-state index contributed by atoms with van der Waals surface area (Å²) in [5.74, 6) is 1.57. The molecule has 2 aliphatic heterocycles. The zero-order chi connectivity index (χ0) is 23.2. The monoisotopic (exact) mass is 459 g/mol. The number of carbonyl (C=O) groups is 1. The lowest BCUT2D eigenvalue weighted by molar-refractivity contribution is -0.119. The number of carbonyl (C=O) groups excluding carboxylic acids is 1. The Morgan fingerprint density at radius 1 is 0.970 bits per heavy atom. The Morgan fingerprint density at radius 3 is 2.42 bits per heavy atom. The molecule has 3 aromatic carbocycles. The van der Waals surface area contributed by atoms with E-state index in [4.69, 9.17) is 14.2 Å². The molecule has 2 heterocycles. The van der Waals surface area contributed by atoms with Crippen molar-refractivity contribution in [2.24, 2.45) is 0 Å². The normalized spacial score (nSPS) is 20.2. The van der Waals surface area contributed by atoms with E-state index in [-0.39, 0.29) is 5.91 Å². The number of likely N-dealkylation sites (N-methyl/N-ethyl adjacent to an activating group) is 1. The smallest absolute Gasteiger partial charge is 0.252 e. The summed E-state index contributed by atoms with van der Waals surface area (Å²) in [6, 6.07) is 16.6. The van der Waals surface area contributed by atoms with Crippen LogP contribution < -0.4 is 19.1 Å². The number of thioether (sulfide) groups is 1. The number of hydrogen-bond donors (Lipinski definition) is 0. The zero-order valence-electron chi connectivity index (χ0n) is 19.0. The van der Waals surface area contributed by atoms with Gasteiger partial charge in [0, 0.05) is 17.5 Å². The van der Waals surface area contributed by atoms with Gasteiger partial charge >= 0.3 is 0 Å². The predicted molar refractivity (Wildman–Crippen MR) is 134 cm³/mol. The first-order valence-corrected chi connectivity index (χ1v) is 11.6. The van der Waals surface area contributed by atoms with E-state index in [1.165, 1.54) is 22.5 Å². The molecule has 1 unspecified atom stereocenters. The molecule has 1 atom stereocenters. The Bertz CT molecular complexity index is 1330. The molecule has 0 radical (unpaired) electrons. The van der Waals surface area contributed by atoms with Gasteiger partial charge in [0.15, 0.2) is 11.5 Å². The molecule has 0 saturated carbocycles. The Kier molecular flexibility index (Phi) is 5.33. The van der Waals surface area contributed by atoms with E-state index in [9.17, 15) is 4.79 Å². The van der Waals surface area contributed by atoms with Crippen LogP contribution in [-0.4, -0.2) is 33.8 Å². The second kappa shape index (κ2) is 8.19. The first-order valence-electron chi connectivity index (χ1n) is 10.8. The van der Waals surface area contributed by atoms with E-state index in [1.54, 1.807) is 26.2 Å². The van der Waals surface area contributed by atoms with Crippen molar-refractivity contribution in [1.29, 1.82) is 0 Å². The molecule has 1 amide bonds. The fourth-order valence-electron chi connectivity index (χ4n) is 4.69. The quantitative estimate of drug-likeness (QED) is 0.485. The highest BCUT2D eigenvalue weighted by molar-refractivity contribution is 8.05. The second-order valence-corrected chi connectivity index (χ2v) is 9.23. The molecular formula is C27H25NO4S. The Balaban J connectivity index is 1.62. The number of allylic oxidation sites excluding steroid dienone is 1. The van der Waals surface area contributed by atoms with Crippen molar-refractivity contribution >= 4 is 40.2 Å². The van der Waals surface area contributed by atoms with Gasteiger partial charge in [-0.05, 0) is 35.4 Å². The van der Waals surface area contributed by atoms with Gasteiger partial charge in [-0.1, -0.05) is 60.3 Å². The number of hydrogen-bond acceptors (Lipinski definition) is 5. The third-order valence-corrected chi connectivity index (χ3v) is 7.52.